The third-order valence-corrected chi connectivity index (χ3v) is 5.26. The Hall–Kier alpha value is -0.370. The van der Waals surface area contributed by atoms with E-state index in [9.17, 15) is 8.42 Å². The summed E-state index contributed by atoms with van der Waals surface area (Å²) in [4.78, 5) is -0.0410. The van der Waals surface area contributed by atoms with Crippen LogP contribution in [0.4, 0.5) is 0 Å². The summed E-state index contributed by atoms with van der Waals surface area (Å²) in [6, 6.07) is 2.87. The van der Waals surface area contributed by atoms with Crippen molar-refractivity contribution in [2.24, 2.45) is 5.73 Å². The van der Waals surface area contributed by atoms with Crippen LogP contribution in [0.15, 0.2) is 17.0 Å². The van der Waals surface area contributed by atoms with Gasteiger partial charge in [0.1, 0.15) is 4.90 Å². The van der Waals surface area contributed by atoms with Crippen molar-refractivity contribution in [2.75, 3.05) is 27.3 Å². The number of hydrogen-bond donors (Lipinski definition) is 1. The highest BCUT2D eigenvalue weighted by atomic mass is 35.5. The largest absolute Gasteiger partial charge is 0.383 e. The zero-order chi connectivity index (χ0) is 14.6. The molecule has 0 heterocycles. The van der Waals surface area contributed by atoms with Gasteiger partial charge >= 0.3 is 0 Å². The van der Waals surface area contributed by atoms with Gasteiger partial charge in [-0.25, -0.2) is 8.42 Å². The van der Waals surface area contributed by atoms with Gasteiger partial charge in [0.2, 0.25) is 10.0 Å². The number of ether oxygens (including phenoxy) is 1. The van der Waals surface area contributed by atoms with Gasteiger partial charge in [-0.15, -0.1) is 0 Å². The molecule has 8 heteroatoms. The van der Waals surface area contributed by atoms with Gasteiger partial charge in [0.05, 0.1) is 11.6 Å². The molecule has 1 rings (SSSR count). The summed E-state index contributed by atoms with van der Waals surface area (Å²) in [6.45, 7) is 0.626. The molecule has 1 aromatic carbocycles. The average molecular weight is 327 g/mol. The highest BCUT2D eigenvalue weighted by Crippen LogP contribution is 2.30. The summed E-state index contributed by atoms with van der Waals surface area (Å²) in [6.07, 6.45) is 0. The van der Waals surface area contributed by atoms with Gasteiger partial charge in [-0.1, -0.05) is 23.2 Å². The summed E-state index contributed by atoms with van der Waals surface area (Å²) < 4.78 is 30.7. The standard InChI is InChI=1S/C11H16Cl2N2O3S/c1-15(3-4-18-2)19(16,17)10-6-9(12)5-8(7-14)11(10)13/h5-6H,3-4,7,14H2,1-2H3. The van der Waals surface area contributed by atoms with E-state index < -0.39 is 10.0 Å². The van der Waals surface area contributed by atoms with Gasteiger partial charge in [0, 0.05) is 32.3 Å². The van der Waals surface area contributed by atoms with Crippen molar-refractivity contribution < 1.29 is 13.2 Å². The number of halogens is 2. The van der Waals surface area contributed by atoms with Crippen LogP contribution in [0, 0.1) is 0 Å². The van der Waals surface area contributed by atoms with E-state index in [0.29, 0.717) is 5.56 Å². The number of nitrogens with zero attached hydrogens (tertiary/aromatic N) is 1. The highest BCUT2D eigenvalue weighted by Gasteiger charge is 2.25. The number of methoxy groups -OCH3 is 1. The topological polar surface area (TPSA) is 72.6 Å². The Morgan fingerprint density at radius 2 is 2.00 bits per heavy atom. The average Bonchev–Trinajstić information content (AvgIpc) is 2.37. The van der Waals surface area contributed by atoms with E-state index in [-0.39, 0.29) is 34.6 Å². The summed E-state index contributed by atoms with van der Waals surface area (Å²) >= 11 is 12.0. The van der Waals surface area contributed by atoms with Gasteiger partial charge in [0.25, 0.3) is 0 Å². The van der Waals surface area contributed by atoms with E-state index in [1.807, 2.05) is 0 Å². The molecule has 0 aliphatic carbocycles. The molecular weight excluding hydrogens is 311 g/mol. The molecule has 5 nitrogen and oxygen atoms in total. The Morgan fingerprint density at radius 3 is 2.53 bits per heavy atom. The molecule has 0 atom stereocenters. The Balaban J connectivity index is 3.25. The monoisotopic (exact) mass is 326 g/mol. The Morgan fingerprint density at radius 1 is 1.37 bits per heavy atom. The van der Waals surface area contributed by atoms with Gasteiger partial charge in [-0.2, -0.15) is 4.31 Å². The summed E-state index contributed by atoms with van der Waals surface area (Å²) in [5.74, 6) is 0. The first kappa shape index (κ1) is 16.7. The quantitative estimate of drug-likeness (QED) is 0.863. The number of rotatable bonds is 6. The molecule has 0 aliphatic rings. The molecular formula is C11H16Cl2N2O3S. The van der Waals surface area contributed by atoms with Crippen LogP contribution in [0.2, 0.25) is 10.0 Å². The van der Waals surface area contributed by atoms with Crippen LogP contribution in [0.3, 0.4) is 0 Å². The predicted octanol–water partition coefficient (Wildman–Crippen LogP) is 1.72. The van der Waals surface area contributed by atoms with Crippen molar-refractivity contribution in [3.8, 4) is 0 Å². The Labute approximate surface area is 123 Å². The van der Waals surface area contributed by atoms with Crippen LogP contribution >= 0.6 is 23.2 Å². The van der Waals surface area contributed by atoms with Crippen molar-refractivity contribution in [3.63, 3.8) is 0 Å². The zero-order valence-corrected chi connectivity index (χ0v) is 13.0. The van der Waals surface area contributed by atoms with E-state index in [4.69, 9.17) is 33.7 Å². The first-order valence-electron chi connectivity index (χ1n) is 5.47. The molecule has 2 N–H and O–H groups in total. The number of sulfonamides is 1. The second kappa shape index (κ2) is 6.88. The lowest BCUT2D eigenvalue weighted by Gasteiger charge is -2.18. The van der Waals surface area contributed by atoms with Crippen molar-refractivity contribution in [1.82, 2.24) is 4.31 Å². The van der Waals surface area contributed by atoms with E-state index in [2.05, 4.69) is 0 Å². The third-order valence-electron chi connectivity index (χ3n) is 2.60. The van der Waals surface area contributed by atoms with Gasteiger partial charge in [0.15, 0.2) is 0 Å². The van der Waals surface area contributed by atoms with E-state index in [1.165, 1.54) is 20.2 Å². The lowest BCUT2D eigenvalue weighted by Crippen LogP contribution is -2.30. The molecule has 0 saturated carbocycles. The molecule has 0 amide bonds. The predicted molar refractivity (Wildman–Crippen MR) is 76.0 cm³/mol. The molecule has 0 aromatic heterocycles. The number of likely N-dealkylation sites (N-methyl/N-ethyl adjacent to an activating group) is 1. The molecule has 0 spiro atoms. The van der Waals surface area contributed by atoms with Crippen molar-refractivity contribution in [1.29, 1.82) is 0 Å². The van der Waals surface area contributed by atoms with Gasteiger partial charge < -0.3 is 10.5 Å². The number of hydrogen-bond acceptors (Lipinski definition) is 4. The van der Waals surface area contributed by atoms with Crippen LogP contribution in [0.5, 0.6) is 0 Å². The van der Waals surface area contributed by atoms with Gasteiger partial charge in [-0.3, -0.25) is 0 Å². The third kappa shape index (κ3) is 3.81. The number of nitrogens with two attached hydrogens (primary N) is 1. The fourth-order valence-corrected chi connectivity index (χ4v) is 3.53. The fourth-order valence-electron chi connectivity index (χ4n) is 1.46. The van der Waals surface area contributed by atoms with Crippen LogP contribution in [-0.4, -0.2) is 40.0 Å². The van der Waals surface area contributed by atoms with E-state index >= 15 is 0 Å². The van der Waals surface area contributed by atoms with Crippen molar-refractivity contribution in [2.45, 2.75) is 11.4 Å². The molecule has 0 radical (unpaired) electrons. The minimum Gasteiger partial charge on any atom is -0.383 e. The molecule has 108 valence electrons. The maximum atomic E-state index is 12.4. The first-order chi connectivity index (χ1) is 8.84. The van der Waals surface area contributed by atoms with Crippen LogP contribution in [0.1, 0.15) is 5.56 Å². The molecule has 0 aliphatic heterocycles. The summed E-state index contributed by atoms with van der Waals surface area (Å²) in [5.41, 5.74) is 6.01. The first-order valence-corrected chi connectivity index (χ1v) is 7.67. The maximum Gasteiger partial charge on any atom is 0.244 e. The second-order valence-electron chi connectivity index (χ2n) is 3.90. The molecule has 0 fully saturated rings. The summed E-state index contributed by atoms with van der Waals surface area (Å²) in [5, 5.41) is 0.389. The smallest absolute Gasteiger partial charge is 0.244 e. The SMILES string of the molecule is COCCN(C)S(=O)(=O)c1cc(Cl)cc(CN)c1Cl. The van der Waals surface area contributed by atoms with Gasteiger partial charge in [-0.05, 0) is 17.7 Å². The second-order valence-corrected chi connectivity index (χ2v) is 6.73. The van der Waals surface area contributed by atoms with Crippen molar-refractivity contribution >= 4 is 33.2 Å². The summed E-state index contributed by atoms with van der Waals surface area (Å²) in [7, 11) is -0.764. The highest BCUT2D eigenvalue weighted by molar-refractivity contribution is 7.89. The fraction of sp³-hybridized carbons (Fsp3) is 0.455. The Kier molecular flexibility index (Phi) is 6.04. The number of benzene rings is 1. The molecule has 0 bridgehead atoms. The maximum absolute atomic E-state index is 12.4. The molecule has 19 heavy (non-hydrogen) atoms. The lowest BCUT2D eigenvalue weighted by molar-refractivity contribution is 0.185. The minimum atomic E-state index is -3.72. The van der Waals surface area contributed by atoms with Crippen LogP contribution in [0.25, 0.3) is 0 Å². The van der Waals surface area contributed by atoms with E-state index in [0.717, 1.165) is 4.31 Å². The minimum absolute atomic E-state index is 0.0410. The van der Waals surface area contributed by atoms with Crippen LogP contribution < -0.4 is 5.73 Å². The normalized spacial score (nSPS) is 12.1. The Bertz CT molecular complexity index is 549. The molecule has 0 unspecified atom stereocenters. The molecule has 0 saturated heterocycles. The van der Waals surface area contributed by atoms with E-state index in [1.54, 1.807) is 6.07 Å². The lowest BCUT2D eigenvalue weighted by atomic mass is 10.2. The van der Waals surface area contributed by atoms with Crippen LogP contribution in [-0.2, 0) is 21.3 Å². The molecule has 1 aromatic rings. The van der Waals surface area contributed by atoms with Crippen molar-refractivity contribution in [3.05, 3.63) is 27.7 Å². The zero-order valence-electron chi connectivity index (χ0n) is 10.7.